The van der Waals surface area contributed by atoms with E-state index in [1.807, 2.05) is 20.8 Å². The smallest absolute Gasteiger partial charge is 0.306 e. The van der Waals surface area contributed by atoms with Crippen LogP contribution in [0.5, 0.6) is 0 Å². The van der Waals surface area contributed by atoms with Crippen LogP contribution in [-0.4, -0.2) is 47.2 Å². The van der Waals surface area contributed by atoms with Crippen molar-refractivity contribution in [1.82, 2.24) is 0 Å². The summed E-state index contributed by atoms with van der Waals surface area (Å²) in [5.41, 5.74) is -4.21. The Kier molecular flexibility index (Phi) is 6.41. The Bertz CT molecular complexity index is 943. The Morgan fingerprint density at radius 2 is 1.94 bits per heavy atom. The monoisotopic (exact) mass is 478 g/mol. The zero-order valence-corrected chi connectivity index (χ0v) is 20.5. The van der Waals surface area contributed by atoms with E-state index < -0.39 is 46.6 Å². The van der Waals surface area contributed by atoms with Gasteiger partial charge in [-0.25, -0.2) is 8.78 Å². The highest BCUT2D eigenvalue weighted by Gasteiger charge is 2.73. The lowest BCUT2D eigenvalue weighted by Crippen LogP contribution is -2.68. The third kappa shape index (κ3) is 3.52. The minimum Gasteiger partial charge on any atom is -0.458 e. The Morgan fingerprint density at radius 1 is 1.24 bits per heavy atom. The Balaban J connectivity index is 1.63. The van der Waals surface area contributed by atoms with Crippen molar-refractivity contribution >= 4 is 17.5 Å². The normalized spacial score (nSPS) is 45.1. The first-order chi connectivity index (χ1) is 15.9. The van der Waals surface area contributed by atoms with E-state index in [1.54, 1.807) is 6.92 Å². The maximum absolute atomic E-state index is 17.1. The highest BCUT2D eigenvalue weighted by molar-refractivity contribution is 6.01. The number of ketones is 2. The summed E-state index contributed by atoms with van der Waals surface area (Å²) in [5, 5.41) is 11.3. The molecule has 4 rings (SSSR count). The third-order valence-electron chi connectivity index (χ3n) is 9.43. The van der Waals surface area contributed by atoms with E-state index in [0.717, 1.165) is 6.42 Å². The van der Waals surface area contributed by atoms with Crippen molar-refractivity contribution in [3.05, 3.63) is 23.8 Å². The van der Waals surface area contributed by atoms with Crippen molar-refractivity contribution in [1.29, 1.82) is 0 Å². The zero-order valence-electron chi connectivity index (χ0n) is 20.5. The minimum absolute atomic E-state index is 0.0524. The number of aliphatic hydroxyl groups excluding tert-OH is 1. The van der Waals surface area contributed by atoms with Crippen LogP contribution in [0.3, 0.4) is 0 Å². The lowest BCUT2D eigenvalue weighted by atomic mass is 9.45. The SMILES string of the molecule is CCCCC(=O)OCC(=O)[C@H]1[C@H](C)CC2C3C[C@H](F)C4=CC(=O)C=C[C@]4(C)[C@@]3(F)[C@@H](O)C[C@]21C. The van der Waals surface area contributed by atoms with Gasteiger partial charge in [-0.05, 0) is 67.6 Å². The second-order valence-electron chi connectivity index (χ2n) is 11.4. The summed E-state index contributed by atoms with van der Waals surface area (Å²) in [6.45, 7) is 7.03. The number of unbranched alkanes of at least 4 members (excludes halogenated alkanes) is 1. The van der Waals surface area contributed by atoms with Gasteiger partial charge in [0.25, 0.3) is 0 Å². The van der Waals surface area contributed by atoms with Crippen molar-refractivity contribution in [3.63, 3.8) is 0 Å². The summed E-state index contributed by atoms with van der Waals surface area (Å²) in [6.07, 6.45) is 3.20. The third-order valence-corrected chi connectivity index (χ3v) is 9.43. The topological polar surface area (TPSA) is 80.7 Å². The summed E-state index contributed by atoms with van der Waals surface area (Å²) < 4.78 is 37.7. The van der Waals surface area contributed by atoms with Gasteiger partial charge in [0.15, 0.2) is 17.2 Å². The molecule has 4 aliphatic rings. The quantitative estimate of drug-likeness (QED) is 0.570. The number of allylic oxidation sites excluding steroid dienone is 4. The molecule has 2 unspecified atom stereocenters. The molecular formula is C27H36F2O5. The van der Waals surface area contributed by atoms with E-state index in [1.165, 1.54) is 18.2 Å². The standard InChI is InChI=1S/C27H36F2O5/c1-5-6-7-23(33)34-14-21(31)24-15(2)10-17-18-12-20(28)19-11-16(30)8-9-26(19,4)27(18,29)22(32)13-25(17,24)3/h8-9,11,15,17-18,20,22,24,32H,5-7,10,12-14H2,1-4H3/t15-,17?,18?,20+,22+,24-,25-,26+,27+/m1/s1. The molecule has 3 fully saturated rings. The molecule has 0 aliphatic heterocycles. The molecule has 0 aromatic heterocycles. The number of esters is 1. The van der Waals surface area contributed by atoms with Crippen LogP contribution in [0.15, 0.2) is 23.8 Å². The number of Topliss-reactive ketones (excluding diaryl/α,β-unsaturated/α-hetero) is 1. The molecule has 0 aromatic rings. The van der Waals surface area contributed by atoms with Gasteiger partial charge in [0.1, 0.15) is 12.8 Å². The fraction of sp³-hybridized carbons (Fsp3) is 0.741. The van der Waals surface area contributed by atoms with Crippen LogP contribution in [-0.2, 0) is 19.1 Å². The van der Waals surface area contributed by atoms with Crippen LogP contribution in [0, 0.1) is 34.5 Å². The number of carbonyl (C=O) groups excluding carboxylic acids is 3. The lowest BCUT2D eigenvalue weighted by molar-refractivity contribution is -0.202. The van der Waals surface area contributed by atoms with Crippen LogP contribution in [0.1, 0.15) is 66.2 Å². The van der Waals surface area contributed by atoms with Gasteiger partial charge in [0.05, 0.1) is 6.10 Å². The van der Waals surface area contributed by atoms with Crippen LogP contribution >= 0.6 is 0 Å². The zero-order chi connectivity index (χ0) is 25.1. The highest BCUT2D eigenvalue weighted by Crippen LogP contribution is 2.70. The molecule has 0 saturated heterocycles. The molecule has 0 radical (unpaired) electrons. The number of aliphatic hydroxyl groups is 1. The molecule has 0 spiro atoms. The lowest BCUT2D eigenvalue weighted by Gasteiger charge is -2.62. The molecule has 0 heterocycles. The van der Waals surface area contributed by atoms with Crippen molar-refractivity contribution < 1.29 is 33.0 Å². The van der Waals surface area contributed by atoms with Crippen molar-refractivity contribution in [2.75, 3.05) is 6.61 Å². The Labute approximate surface area is 200 Å². The highest BCUT2D eigenvalue weighted by atomic mass is 19.1. The molecule has 7 heteroatoms. The van der Waals surface area contributed by atoms with Crippen LogP contribution in [0.25, 0.3) is 0 Å². The molecule has 188 valence electrons. The van der Waals surface area contributed by atoms with Gasteiger partial charge < -0.3 is 9.84 Å². The van der Waals surface area contributed by atoms with Crippen LogP contribution < -0.4 is 0 Å². The fourth-order valence-corrected chi connectivity index (χ4v) is 7.89. The largest absolute Gasteiger partial charge is 0.458 e. The van der Waals surface area contributed by atoms with E-state index in [2.05, 4.69) is 0 Å². The van der Waals surface area contributed by atoms with E-state index >= 15 is 8.78 Å². The van der Waals surface area contributed by atoms with Gasteiger partial charge in [-0.15, -0.1) is 0 Å². The molecule has 4 aliphatic carbocycles. The molecule has 1 N–H and O–H groups in total. The first-order valence-corrected chi connectivity index (χ1v) is 12.5. The second-order valence-corrected chi connectivity index (χ2v) is 11.4. The number of alkyl halides is 2. The first-order valence-electron chi connectivity index (χ1n) is 12.5. The summed E-state index contributed by atoms with van der Waals surface area (Å²) in [4.78, 5) is 37.1. The summed E-state index contributed by atoms with van der Waals surface area (Å²) in [6, 6.07) is 0. The predicted molar refractivity (Wildman–Crippen MR) is 122 cm³/mol. The number of ether oxygens (including phenoxy) is 1. The maximum Gasteiger partial charge on any atom is 0.306 e. The molecule has 9 atom stereocenters. The predicted octanol–water partition coefficient (Wildman–Crippen LogP) is 4.47. The molecule has 0 bridgehead atoms. The summed E-state index contributed by atoms with van der Waals surface area (Å²) >= 11 is 0. The van der Waals surface area contributed by atoms with Crippen molar-refractivity contribution in [3.8, 4) is 0 Å². The van der Waals surface area contributed by atoms with E-state index in [9.17, 15) is 19.5 Å². The average Bonchev–Trinajstić information content (AvgIpc) is 3.03. The van der Waals surface area contributed by atoms with Gasteiger partial charge in [0.2, 0.25) is 0 Å². The molecule has 3 saturated carbocycles. The Hall–Kier alpha value is -1.89. The van der Waals surface area contributed by atoms with E-state index in [4.69, 9.17) is 4.74 Å². The molecular weight excluding hydrogens is 442 g/mol. The molecule has 0 aromatic carbocycles. The number of rotatable bonds is 6. The van der Waals surface area contributed by atoms with Crippen LogP contribution in [0.2, 0.25) is 0 Å². The van der Waals surface area contributed by atoms with Gasteiger partial charge in [0, 0.05) is 23.7 Å². The molecule has 5 nitrogen and oxygen atoms in total. The summed E-state index contributed by atoms with van der Waals surface area (Å²) in [7, 11) is 0. The average molecular weight is 479 g/mol. The van der Waals surface area contributed by atoms with Gasteiger partial charge in [-0.1, -0.05) is 33.3 Å². The van der Waals surface area contributed by atoms with E-state index in [-0.39, 0.29) is 54.8 Å². The fourth-order valence-electron chi connectivity index (χ4n) is 7.89. The van der Waals surface area contributed by atoms with Crippen LogP contribution in [0.4, 0.5) is 8.78 Å². The number of carbonyl (C=O) groups is 3. The number of halogens is 2. The maximum atomic E-state index is 17.1. The number of fused-ring (bicyclic) bond motifs is 5. The molecule has 34 heavy (non-hydrogen) atoms. The van der Waals surface area contributed by atoms with Gasteiger partial charge in [-0.2, -0.15) is 0 Å². The molecule has 0 amide bonds. The second kappa shape index (κ2) is 8.65. The summed E-state index contributed by atoms with van der Waals surface area (Å²) in [5.74, 6) is -2.75. The van der Waals surface area contributed by atoms with E-state index in [0.29, 0.717) is 12.8 Å². The first kappa shape index (κ1) is 25.2. The van der Waals surface area contributed by atoms with Gasteiger partial charge in [-0.3, -0.25) is 14.4 Å². The van der Waals surface area contributed by atoms with Crippen molar-refractivity contribution in [2.24, 2.45) is 34.5 Å². The number of hydrogen-bond acceptors (Lipinski definition) is 5. The van der Waals surface area contributed by atoms with Gasteiger partial charge >= 0.3 is 5.97 Å². The Morgan fingerprint density at radius 3 is 2.62 bits per heavy atom. The van der Waals surface area contributed by atoms with Crippen molar-refractivity contribution in [2.45, 2.75) is 84.2 Å². The number of hydrogen-bond donors (Lipinski definition) is 1. The minimum atomic E-state index is -2.15.